The molecule has 0 fully saturated rings. The van der Waals surface area contributed by atoms with Crippen LogP contribution in [0.4, 0.5) is 0 Å². The summed E-state index contributed by atoms with van der Waals surface area (Å²) in [6.45, 7) is 7.61. The van der Waals surface area contributed by atoms with E-state index in [0.29, 0.717) is 59.5 Å². The van der Waals surface area contributed by atoms with E-state index in [9.17, 15) is 5.11 Å². The van der Waals surface area contributed by atoms with Crippen LogP contribution in [0.1, 0.15) is 13.8 Å². The van der Waals surface area contributed by atoms with Gasteiger partial charge in [0.2, 0.25) is 0 Å². The van der Waals surface area contributed by atoms with Gasteiger partial charge in [0, 0.05) is 0 Å². The molecular formula is C14H30I2O7Te. The number of halogens is 2. The van der Waals surface area contributed by atoms with Gasteiger partial charge in [0.05, 0.1) is 66.1 Å². The van der Waals surface area contributed by atoms with Crippen molar-refractivity contribution in [3.8, 4) is 0 Å². The Morgan fingerprint density at radius 2 is 1.04 bits per heavy atom. The van der Waals surface area contributed by atoms with Crippen molar-refractivity contribution in [2.75, 3.05) is 66.1 Å². The molecule has 7 nitrogen and oxygen atoms in total. The predicted molar refractivity (Wildman–Crippen MR) is 112 cm³/mol. The van der Waals surface area contributed by atoms with Crippen molar-refractivity contribution < 1.29 is 33.9 Å². The van der Waals surface area contributed by atoms with Gasteiger partial charge in [0.15, 0.2) is 1.61 Å². The summed E-state index contributed by atoms with van der Waals surface area (Å²) in [7, 11) is 0. The van der Waals surface area contributed by atoms with Gasteiger partial charge in [-0.05, 0) is 59.0 Å². The van der Waals surface area contributed by atoms with Crippen molar-refractivity contribution in [3.05, 3.63) is 0 Å². The molecule has 0 atom stereocenters. The van der Waals surface area contributed by atoms with Gasteiger partial charge in [-0.25, -0.2) is 0 Å². The fourth-order valence-corrected chi connectivity index (χ4v) is 1.67. The van der Waals surface area contributed by atoms with Crippen LogP contribution in [0.15, 0.2) is 0 Å². The van der Waals surface area contributed by atoms with Gasteiger partial charge in [-0.2, -0.15) is 0 Å². The summed E-state index contributed by atoms with van der Waals surface area (Å²) in [5.41, 5.74) is -0.930. The fraction of sp³-hybridized carbons (Fsp3) is 1.00. The Balaban J connectivity index is 0. The van der Waals surface area contributed by atoms with Crippen molar-refractivity contribution in [2.24, 2.45) is 0 Å². The molecule has 0 aliphatic rings. The summed E-state index contributed by atoms with van der Waals surface area (Å²) in [4.78, 5) is 0. The first-order valence-electron chi connectivity index (χ1n) is 7.47. The third kappa shape index (κ3) is 16.2. The van der Waals surface area contributed by atoms with Crippen LogP contribution in [0.5, 0.6) is 0 Å². The summed E-state index contributed by atoms with van der Waals surface area (Å²) in [5.74, 6) is 0. The standard InChI is InChI=1S/C14H28I2O7.H2Te/c1-13(2,18)14(15,16)23-12-11-22-10-9-21-8-7-20-6-5-19-4-3-17;/h17-18H,3-12H2,1-2H3;1H2. The fourth-order valence-electron chi connectivity index (χ4n) is 1.23. The van der Waals surface area contributed by atoms with Crippen molar-refractivity contribution in [3.63, 3.8) is 0 Å². The average molecular weight is 692 g/mol. The third-order valence-corrected chi connectivity index (χ3v) is 5.84. The molecule has 0 bridgehead atoms. The summed E-state index contributed by atoms with van der Waals surface area (Å²) in [6.07, 6.45) is 0. The Bertz CT molecular complexity index is 278. The van der Waals surface area contributed by atoms with Gasteiger partial charge in [-0.1, -0.05) is 0 Å². The molecule has 0 aromatic carbocycles. The van der Waals surface area contributed by atoms with E-state index in [2.05, 4.69) is 45.2 Å². The average Bonchev–Trinajstić information content (AvgIpc) is 2.46. The van der Waals surface area contributed by atoms with Crippen LogP contribution in [0.2, 0.25) is 0 Å². The zero-order valence-corrected chi connectivity index (χ0v) is 21.4. The van der Waals surface area contributed by atoms with Gasteiger partial charge >= 0.3 is 23.7 Å². The summed E-state index contributed by atoms with van der Waals surface area (Å²) in [5, 5.41) is 18.4. The van der Waals surface area contributed by atoms with E-state index in [4.69, 9.17) is 28.8 Å². The van der Waals surface area contributed by atoms with E-state index in [1.807, 2.05) is 0 Å². The second-order valence-electron chi connectivity index (χ2n) is 5.10. The maximum absolute atomic E-state index is 9.92. The molecule has 0 aromatic rings. The number of rotatable bonds is 16. The van der Waals surface area contributed by atoms with Crippen LogP contribution in [0.3, 0.4) is 0 Å². The number of alkyl halides is 2. The summed E-state index contributed by atoms with van der Waals surface area (Å²) >= 11 is 4.16. The molecule has 0 amide bonds. The molecule has 0 saturated heterocycles. The van der Waals surface area contributed by atoms with Crippen LogP contribution < -0.4 is 0 Å². The van der Waals surface area contributed by atoms with Crippen LogP contribution in [0, 0.1) is 0 Å². The second kappa shape index (κ2) is 17.1. The first-order valence-corrected chi connectivity index (χ1v) is 9.63. The van der Waals surface area contributed by atoms with Gasteiger partial charge < -0.3 is 33.9 Å². The molecule has 0 spiro atoms. The van der Waals surface area contributed by atoms with E-state index in [0.717, 1.165) is 0 Å². The zero-order valence-electron chi connectivity index (χ0n) is 14.3. The van der Waals surface area contributed by atoms with Crippen molar-refractivity contribution >= 4 is 68.8 Å². The Morgan fingerprint density at radius 3 is 1.38 bits per heavy atom. The minimum atomic E-state index is -0.930. The predicted octanol–water partition coefficient (Wildman–Crippen LogP) is 0.440. The van der Waals surface area contributed by atoms with Crippen molar-refractivity contribution in [1.82, 2.24) is 0 Å². The topological polar surface area (TPSA) is 86.6 Å². The van der Waals surface area contributed by atoms with Gasteiger partial charge in [-0.3, -0.25) is 0 Å². The van der Waals surface area contributed by atoms with Crippen LogP contribution >= 0.6 is 45.2 Å². The molecular weight excluding hydrogens is 662 g/mol. The number of aliphatic hydroxyl groups is 2. The first kappa shape index (κ1) is 28.2. The normalized spacial score (nSPS) is 12.2. The van der Waals surface area contributed by atoms with Crippen LogP contribution in [-0.2, 0) is 23.7 Å². The maximum atomic E-state index is 9.92. The molecule has 0 aliphatic carbocycles. The van der Waals surface area contributed by atoms with Crippen molar-refractivity contribution in [1.29, 1.82) is 0 Å². The second-order valence-corrected chi connectivity index (χ2v) is 10.2. The van der Waals surface area contributed by atoms with E-state index in [1.54, 1.807) is 13.8 Å². The quantitative estimate of drug-likeness (QED) is 0.105. The van der Waals surface area contributed by atoms with Gasteiger partial charge in [0.25, 0.3) is 0 Å². The van der Waals surface area contributed by atoms with Gasteiger partial charge in [-0.15, -0.1) is 0 Å². The molecule has 10 heteroatoms. The van der Waals surface area contributed by atoms with E-state index in [-0.39, 0.29) is 30.3 Å². The monoisotopic (exact) mass is 694 g/mol. The Morgan fingerprint density at radius 1 is 0.708 bits per heavy atom. The first-order chi connectivity index (χ1) is 10.8. The summed E-state index contributed by atoms with van der Waals surface area (Å²) < 4.78 is 26.0. The van der Waals surface area contributed by atoms with E-state index in [1.165, 1.54) is 0 Å². The Kier molecular flexibility index (Phi) is 20.1. The molecule has 0 aromatic heterocycles. The Hall–Kier alpha value is 1.97. The van der Waals surface area contributed by atoms with Crippen LogP contribution in [-0.4, -0.2) is 107 Å². The van der Waals surface area contributed by atoms with E-state index < -0.39 is 7.22 Å². The number of hydrogen-bond acceptors (Lipinski definition) is 7. The Labute approximate surface area is 188 Å². The zero-order chi connectivity index (χ0) is 17.6. The molecule has 24 heavy (non-hydrogen) atoms. The molecule has 148 valence electrons. The SMILES string of the molecule is CC(C)(O)C(I)(I)OCCOCCOCCOCCOCCO.[TeH2]. The van der Waals surface area contributed by atoms with E-state index >= 15 is 0 Å². The number of aliphatic hydroxyl groups excluding tert-OH is 1. The number of hydrogen-bond donors (Lipinski definition) is 2. The minimum absolute atomic E-state index is 0. The molecule has 0 unspecified atom stereocenters. The van der Waals surface area contributed by atoms with Crippen molar-refractivity contribution in [2.45, 2.75) is 21.1 Å². The molecule has 2 N–H and O–H groups in total. The summed E-state index contributed by atoms with van der Waals surface area (Å²) in [6, 6.07) is 0. The molecule has 0 heterocycles. The van der Waals surface area contributed by atoms with Gasteiger partial charge in [0.1, 0.15) is 5.60 Å². The van der Waals surface area contributed by atoms with Crippen LogP contribution in [0.25, 0.3) is 0 Å². The molecule has 0 aliphatic heterocycles. The molecule has 0 radical (unpaired) electrons. The third-order valence-electron chi connectivity index (χ3n) is 2.57. The number of ether oxygens (including phenoxy) is 5. The molecule has 0 rings (SSSR count). The molecule has 0 saturated carbocycles.